The second-order valence-electron chi connectivity index (χ2n) is 10.5. The van der Waals surface area contributed by atoms with Crippen molar-refractivity contribution in [3.05, 3.63) is 76.2 Å². The highest BCUT2D eigenvalue weighted by atomic mass is 32.1. The van der Waals surface area contributed by atoms with Crippen LogP contribution in [-0.4, -0.2) is 52.7 Å². The summed E-state index contributed by atoms with van der Waals surface area (Å²) in [5.74, 6) is -1.12. The van der Waals surface area contributed by atoms with Gasteiger partial charge < -0.3 is 25.4 Å². The summed E-state index contributed by atoms with van der Waals surface area (Å²) in [6.45, 7) is 10.4. The van der Waals surface area contributed by atoms with E-state index in [9.17, 15) is 19.5 Å². The van der Waals surface area contributed by atoms with Crippen LogP contribution in [0.15, 0.2) is 54.6 Å². The van der Waals surface area contributed by atoms with Gasteiger partial charge in [-0.25, -0.2) is 9.59 Å². The first-order valence-corrected chi connectivity index (χ1v) is 13.3. The van der Waals surface area contributed by atoms with Gasteiger partial charge in [-0.3, -0.25) is 4.79 Å². The molecule has 9 heteroatoms. The third kappa shape index (κ3) is 6.52. The Morgan fingerprint density at radius 2 is 1.82 bits per heavy atom. The molecule has 0 aliphatic carbocycles. The van der Waals surface area contributed by atoms with Gasteiger partial charge in [0.25, 0.3) is 5.91 Å². The second-order valence-corrected chi connectivity index (χ2v) is 11.6. The zero-order valence-corrected chi connectivity index (χ0v) is 23.0. The van der Waals surface area contributed by atoms with Gasteiger partial charge in [0.1, 0.15) is 10.5 Å². The van der Waals surface area contributed by atoms with E-state index in [0.29, 0.717) is 18.7 Å². The topological polar surface area (TPSA) is 108 Å². The monoisotopic (exact) mass is 535 g/mol. The summed E-state index contributed by atoms with van der Waals surface area (Å²) >= 11 is 1.22. The van der Waals surface area contributed by atoms with Crippen molar-refractivity contribution in [3.63, 3.8) is 0 Å². The summed E-state index contributed by atoms with van der Waals surface area (Å²) in [6.07, 6.45) is -0.320. The van der Waals surface area contributed by atoms with Gasteiger partial charge in [-0.15, -0.1) is 11.3 Å². The van der Waals surface area contributed by atoms with Crippen molar-refractivity contribution in [2.45, 2.75) is 52.3 Å². The molecule has 0 saturated carbocycles. The third-order valence-corrected chi connectivity index (χ3v) is 7.34. The molecule has 3 aromatic rings. The Kier molecular flexibility index (Phi) is 7.78. The lowest BCUT2D eigenvalue weighted by molar-refractivity contribution is 0.0105. The van der Waals surface area contributed by atoms with Gasteiger partial charge in [0.15, 0.2) is 0 Å². The molecule has 1 aliphatic rings. The molecule has 1 aromatic heterocycles. The molecule has 200 valence electrons. The van der Waals surface area contributed by atoms with Gasteiger partial charge in [-0.2, -0.15) is 0 Å². The Bertz CT molecular complexity index is 1350. The smallest absolute Gasteiger partial charge is 0.410 e. The predicted molar refractivity (Wildman–Crippen MR) is 149 cm³/mol. The zero-order chi connectivity index (χ0) is 27.6. The summed E-state index contributed by atoms with van der Waals surface area (Å²) in [4.78, 5) is 39.4. The fourth-order valence-corrected chi connectivity index (χ4v) is 5.01. The standard InChI is InChI=1S/C29H33N3O5S/c1-17-9-10-21(31-22-15-32(16-22)28(36)37-29(3,4)5)14-23(17)26(33)30-18(2)19-7-6-8-20(13-19)24-11-12-25(38-24)27(34)35/h6-14,18,22,31H,15-16H2,1-5H3,(H,30,33)(H,34,35). The minimum absolute atomic E-state index is 0.0849. The molecule has 1 unspecified atom stereocenters. The molecule has 3 N–H and O–H groups in total. The molecule has 4 rings (SSSR count). The highest BCUT2D eigenvalue weighted by Crippen LogP contribution is 2.30. The first-order chi connectivity index (χ1) is 17.9. The highest BCUT2D eigenvalue weighted by Gasteiger charge is 2.33. The summed E-state index contributed by atoms with van der Waals surface area (Å²) in [7, 11) is 0. The molecule has 1 atom stereocenters. The quantitative estimate of drug-likeness (QED) is 0.345. The van der Waals surface area contributed by atoms with Crippen LogP contribution in [0, 0.1) is 6.92 Å². The normalized spacial score (nSPS) is 14.4. The van der Waals surface area contributed by atoms with E-state index in [-0.39, 0.29) is 29.0 Å². The van der Waals surface area contributed by atoms with E-state index in [1.54, 1.807) is 17.0 Å². The molecule has 0 bridgehead atoms. The van der Waals surface area contributed by atoms with Crippen LogP contribution in [0.1, 0.15) is 64.9 Å². The summed E-state index contributed by atoms with van der Waals surface area (Å²) in [6, 6.07) is 16.7. The summed E-state index contributed by atoms with van der Waals surface area (Å²) in [5.41, 5.74) is 3.55. The maximum absolute atomic E-state index is 13.2. The molecule has 1 fully saturated rings. The number of aryl methyl sites for hydroxylation is 1. The molecule has 0 radical (unpaired) electrons. The summed E-state index contributed by atoms with van der Waals surface area (Å²) < 4.78 is 5.41. The third-order valence-electron chi connectivity index (χ3n) is 6.22. The number of ether oxygens (including phenoxy) is 1. The Morgan fingerprint density at radius 1 is 1.08 bits per heavy atom. The zero-order valence-electron chi connectivity index (χ0n) is 22.2. The molecule has 38 heavy (non-hydrogen) atoms. The number of carbonyl (C=O) groups is 3. The molecule has 8 nitrogen and oxygen atoms in total. The van der Waals surface area contributed by atoms with Crippen LogP contribution in [0.4, 0.5) is 10.5 Å². The van der Waals surface area contributed by atoms with Gasteiger partial charge in [-0.1, -0.05) is 24.3 Å². The Hall–Kier alpha value is -3.85. The number of hydrogen-bond acceptors (Lipinski definition) is 6. The number of benzene rings is 2. The van der Waals surface area contributed by atoms with Crippen molar-refractivity contribution in [1.82, 2.24) is 10.2 Å². The second kappa shape index (κ2) is 10.9. The molecule has 2 aromatic carbocycles. The number of nitrogens with zero attached hydrogens (tertiary/aromatic N) is 1. The number of carboxylic acid groups (broad SMARTS) is 1. The lowest BCUT2D eigenvalue weighted by Crippen LogP contribution is -2.57. The minimum Gasteiger partial charge on any atom is -0.477 e. The molecule has 1 saturated heterocycles. The van der Waals surface area contributed by atoms with Crippen molar-refractivity contribution in [3.8, 4) is 10.4 Å². The molecular weight excluding hydrogens is 502 g/mol. The number of nitrogens with one attached hydrogen (secondary N) is 2. The largest absolute Gasteiger partial charge is 0.477 e. The van der Waals surface area contributed by atoms with Crippen molar-refractivity contribution < 1.29 is 24.2 Å². The highest BCUT2D eigenvalue weighted by molar-refractivity contribution is 7.17. The predicted octanol–water partition coefficient (Wildman–Crippen LogP) is 5.94. The summed E-state index contributed by atoms with van der Waals surface area (Å²) in [5, 5.41) is 15.7. The van der Waals surface area contributed by atoms with E-state index < -0.39 is 11.6 Å². The van der Waals surface area contributed by atoms with E-state index in [2.05, 4.69) is 10.6 Å². The minimum atomic E-state index is -0.942. The average Bonchev–Trinajstić information content (AvgIpc) is 3.32. The van der Waals surface area contributed by atoms with Crippen LogP contribution >= 0.6 is 11.3 Å². The van der Waals surface area contributed by atoms with Crippen LogP contribution < -0.4 is 10.6 Å². The number of anilines is 1. The first-order valence-electron chi connectivity index (χ1n) is 12.5. The maximum Gasteiger partial charge on any atom is 0.410 e. The van der Waals surface area contributed by atoms with E-state index in [1.165, 1.54) is 11.3 Å². The number of likely N-dealkylation sites (tertiary alicyclic amines) is 1. The van der Waals surface area contributed by atoms with Crippen LogP contribution in [0.3, 0.4) is 0 Å². The number of amides is 2. The number of thiophene rings is 1. The van der Waals surface area contributed by atoms with E-state index in [4.69, 9.17) is 4.74 Å². The number of rotatable bonds is 7. The van der Waals surface area contributed by atoms with Crippen LogP contribution in [0.25, 0.3) is 10.4 Å². The van der Waals surface area contributed by atoms with Crippen molar-refractivity contribution in [2.75, 3.05) is 18.4 Å². The number of carboxylic acids is 1. The number of aromatic carboxylic acids is 1. The van der Waals surface area contributed by atoms with Crippen LogP contribution in [-0.2, 0) is 4.74 Å². The molecule has 1 aliphatic heterocycles. The lowest BCUT2D eigenvalue weighted by Gasteiger charge is -2.40. The molecule has 2 heterocycles. The van der Waals surface area contributed by atoms with Gasteiger partial charge in [-0.05, 0) is 81.6 Å². The van der Waals surface area contributed by atoms with E-state index >= 15 is 0 Å². The number of hydrogen-bond donors (Lipinski definition) is 3. The fraction of sp³-hybridized carbons (Fsp3) is 0.345. The molecule has 2 amide bonds. The number of carbonyl (C=O) groups excluding carboxylic acids is 2. The van der Waals surface area contributed by atoms with E-state index in [1.807, 2.05) is 77.1 Å². The first kappa shape index (κ1) is 27.2. The van der Waals surface area contributed by atoms with Gasteiger partial charge in [0.2, 0.25) is 0 Å². The Balaban J connectivity index is 1.38. The van der Waals surface area contributed by atoms with Crippen molar-refractivity contribution in [2.24, 2.45) is 0 Å². The Morgan fingerprint density at radius 3 is 2.47 bits per heavy atom. The fourth-order valence-electron chi connectivity index (χ4n) is 4.16. The SMILES string of the molecule is Cc1ccc(NC2CN(C(=O)OC(C)(C)C)C2)cc1C(=O)NC(C)c1cccc(-c2ccc(C(=O)O)s2)c1. The van der Waals surface area contributed by atoms with E-state index in [0.717, 1.165) is 27.3 Å². The van der Waals surface area contributed by atoms with Crippen LogP contribution in [0.2, 0.25) is 0 Å². The van der Waals surface area contributed by atoms with Gasteiger partial charge in [0, 0.05) is 29.2 Å². The Labute approximate surface area is 226 Å². The molecule has 0 spiro atoms. The maximum atomic E-state index is 13.2. The van der Waals surface area contributed by atoms with Gasteiger partial charge in [0.05, 0.1) is 12.1 Å². The van der Waals surface area contributed by atoms with Crippen molar-refractivity contribution in [1.29, 1.82) is 0 Å². The lowest BCUT2D eigenvalue weighted by atomic mass is 10.0. The molecular formula is C29H33N3O5S. The van der Waals surface area contributed by atoms with Gasteiger partial charge >= 0.3 is 12.1 Å². The van der Waals surface area contributed by atoms with Crippen LogP contribution in [0.5, 0.6) is 0 Å². The average molecular weight is 536 g/mol. The van der Waals surface area contributed by atoms with Crippen molar-refractivity contribution >= 4 is 35.0 Å².